The average molecular weight is 541 g/mol. The third-order valence-corrected chi connectivity index (χ3v) is 3.53. The number of rotatable bonds is 3. The van der Waals surface area contributed by atoms with Crippen molar-refractivity contribution in [3.05, 3.63) is 74.0 Å². The van der Waals surface area contributed by atoms with Gasteiger partial charge in [0.1, 0.15) is 0 Å². The predicted molar refractivity (Wildman–Crippen MR) is 99.8 cm³/mol. The van der Waals surface area contributed by atoms with Gasteiger partial charge in [-0.25, -0.2) is 0 Å². The molecule has 0 aliphatic carbocycles. The predicted octanol–water partition coefficient (Wildman–Crippen LogP) is 4.68. The van der Waals surface area contributed by atoms with Gasteiger partial charge in [0.05, 0.1) is 5.69 Å². The van der Waals surface area contributed by atoms with Crippen LogP contribution in [0.3, 0.4) is 0 Å². The first kappa shape index (κ1) is 24.2. The third kappa shape index (κ3) is 6.48. The molecule has 0 saturated heterocycles. The van der Waals surface area contributed by atoms with Crippen molar-refractivity contribution in [2.24, 2.45) is 10.2 Å². The number of hydrogen-bond donors (Lipinski definition) is 0. The molecule has 136 valence electrons. The van der Waals surface area contributed by atoms with Gasteiger partial charge in [0.25, 0.3) is 5.75 Å². The van der Waals surface area contributed by atoms with Gasteiger partial charge in [-0.2, -0.15) is 5.11 Å². The van der Waals surface area contributed by atoms with E-state index in [1.807, 2.05) is 73.6 Å². The van der Waals surface area contributed by atoms with E-state index in [9.17, 15) is 0 Å². The molecule has 2 N–H and O–H groups in total. The molecule has 0 saturated carbocycles. The molecule has 6 nitrogen and oxygen atoms in total. The van der Waals surface area contributed by atoms with Gasteiger partial charge in [-0.3, -0.25) is 0 Å². The molecule has 0 fully saturated rings. The molecule has 0 unspecified atom stereocenters. The molecule has 0 bridgehead atoms. The number of anilines is 1. The summed E-state index contributed by atoms with van der Waals surface area (Å²) in [7, 11) is 4.00. The summed E-state index contributed by atoms with van der Waals surface area (Å²) in [6.07, 6.45) is 0. The summed E-state index contributed by atoms with van der Waals surface area (Å²) in [5.74, 6) is 0.382. The van der Waals surface area contributed by atoms with Crippen molar-refractivity contribution in [1.82, 2.24) is 0 Å². The molecular formula is C20H18IrN3O3+4. The number of azo groups is 1. The first-order valence-corrected chi connectivity index (χ1v) is 7.48. The van der Waals surface area contributed by atoms with Gasteiger partial charge in [0.15, 0.2) is 5.69 Å². The van der Waals surface area contributed by atoms with Crippen molar-refractivity contribution in [3.8, 4) is 5.75 Å². The number of nitrogens with zero attached hydrogens (tertiary/aromatic N) is 3. The molecular weight excluding hydrogens is 522 g/mol. The Morgan fingerprint density at radius 1 is 0.815 bits per heavy atom. The zero-order valence-electron chi connectivity index (χ0n) is 14.8. The van der Waals surface area contributed by atoms with Gasteiger partial charge in [-0.15, -0.1) is 5.11 Å². The van der Waals surface area contributed by atoms with Crippen LogP contribution >= 0.6 is 0 Å². The summed E-state index contributed by atoms with van der Waals surface area (Å²) in [5, 5.41) is 18.6. The second-order valence-corrected chi connectivity index (χ2v) is 5.29. The van der Waals surface area contributed by atoms with Crippen molar-refractivity contribution in [1.29, 1.82) is 0 Å². The SMILES string of the molecule is CN(C)c1ccc(N=Nc2c([OH2+])ccc3ccccc23)cc1.[C-]#[O+].[C-]#[O+].[Ir+3]. The fourth-order valence-electron chi connectivity index (χ4n) is 2.29. The maximum Gasteiger partial charge on any atom is 3.00 e. The van der Waals surface area contributed by atoms with Crippen LogP contribution in [0, 0.1) is 13.3 Å². The molecule has 0 amide bonds. The Hall–Kier alpha value is -2.75. The summed E-state index contributed by atoms with van der Waals surface area (Å²) in [6.45, 7) is 9.00. The maximum atomic E-state index is 8.05. The first-order chi connectivity index (χ1) is 12.6. The van der Waals surface area contributed by atoms with Crippen LogP contribution in [0.2, 0.25) is 0 Å². The molecule has 3 rings (SSSR count). The van der Waals surface area contributed by atoms with Gasteiger partial charge in [-0.05, 0) is 35.7 Å². The molecule has 7 heteroatoms. The van der Waals surface area contributed by atoms with Crippen LogP contribution < -0.4 is 4.90 Å². The fourth-order valence-corrected chi connectivity index (χ4v) is 2.29. The van der Waals surface area contributed by atoms with E-state index < -0.39 is 0 Å². The Morgan fingerprint density at radius 2 is 1.41 bits per heavy atom. The number of benzene rings is 3. The number of fused-ring (bicyclic) bond motifs is 1. The Bertz CT molecular complexity index is 914. The van der Waals surface area contributed by atoms with E-state index >= 15 is 0 Å². The molecule has 0 atom stereocenters. The van der Waals surface area contributed by atoms with Crippen molar-refractivity contribution in [2.45, 2.75) is 0 Å². The fraction of sp³-hybridized carbons (Fsp3) is 0.100. The van der Waals surface area contributed by atoms with Crippen LogP contribution in [-0.4, -0.2) is 19.2 Å². The van der Waals surface area contributed by atoms with E-state index in [2.05, 4.69) is 23.5 Å². The maximum absolute atomic E-state index is 8.05. The summed E-state index contributed by atoms with van der Waals surface area (Å²) < 4.78 is 15.0. The van der Waals surface area contributed by atoms with E-state index in [4.69, 9.17) is 14.4 Å². The summed E-state index contributed by atoms with van der Waals surface area (Å²) in [6, 6.07) is 19.4. The minimum absolute atomic E-state index is 0. The van der Waals surface area contributed by atoms with Gasteiger partial charge in [0.2, 0.25) is 0 Å². The first-order valence-electron chi connectivity index (χ1n) is 7.48. The zero-order valence-corrected chi connectivity index (χ0v) is 17.2. The van der Waals surface area contributed by atoms with Crippen molar-refractivity contribution >= 4 is 27.8 Å². The molecule has 0 heterocycles. The molecule has 0 spiro atoms. The zero-order chi connectivity index (χ0) is 19.5. The van der Waals surface area contributed by atoms with E-state index in [-0.39, 0.29) is 20.1 Å². The molecule has 0 aliphatic rings. The monoisotopic (exact) mass is 541 g/mol. The molecule has 3 aromatic rings. The Labute approximate surface area is 171 Å². The number of hydrogen-bond acceptors (Lipinski definition) is 3. The summed E-state index contributed by atoms with van der Waals surface area (Å²) in [4.78, 5) is 2.04. The van der Waals surface area contributed by atoms with Crippen LogP contribution in [0.1, 0.15) is 0 Å². The van der Waals surface area contributed by atoms with E-state index in [1.165, 1.54) is 0 Å². The molecule has 0 aromatic heterocycles. The second-order valence-electron chi connectivity index (χ2n) is 5.29. The van der Waals surface area contributed by atoms with Crippen LogP contribution in [-0.2, 0) is 29.4 Å². The van der Waals surface area contributed by atoms with E-state index in [1.54, 1.807) is 6.07 Å². The standard InChI is InChI=1S/C18H17N3O.2CO.Ir/c1-21(2)15-10-8-14(9-11-15)19-20-18-16-6-4-3-5-13(16)7-12-17(18)22;2*1-2;/h3-12,22H,1-2H3;;;/q;;;+3/p+1. The Morgan fingerprint density at radius 3 is 2.00 bits per heavy atom. The van der Waals surface area contributed by atoms with Crippen molar-refractivity contribution in [2.75, 3.05) is 19.0 Å². The van der Waals surface area contributed by atoms with Crippen LogP contribution in [0.4, 0.5) is 17.1 Å². The smallest absolute Gasteiger partial charge is 3.00 e. The van der Waals surface area contributed by atoms with Gasteiger partial charge < -0.3 is 10.0 Å². The van der Waals surface area contributed by atoms with Gasteiger partial charge in [-0.1, -0.05) is 24.3 Å². The minimum Gasteiger partial charge on any atom is 3.00 e. The molecule has 27 heavy (non-hydrogen) atoms. The third-order valence-electron chi connectivity index (χ3n) is 3.53. The average Bonchev–Trinajstić information content (AvgIpc) is 2.70. The van der Waals surface area contributed by atoms with Gasteiger partial charge in [0, 0.05) is 31.2 Å². The second kappa shape index (κ2) is 12.6. The van der Waals surface area contributed by atoms with E-state index in [0.717, 1.165) is 22.1 Å². The largest absolute Gasteiger partial charge is 3.00 e. The van der Waals surface area contributed by atoms with Crippen molar-refractivity contribution in [3.63, 3.8) is 0 Å². The molecule has 0 aliphatic heterocycles. The van der Waals surface area contributed by atoms with E-state index in [0.29, 0.717) is 11.4 Å². The van der Waals surface area contributed by atoms with Crippen molar-refractivity contribution < 1.29 is 34.5 Å². The quantitative estimate of drug-likeness (QED) is 0.269. The van der Waals surface area contributed by atoms with Crippen LogP contribution in [0.15, 0.2) is 70.9 Å². The topological polar surface area (TPSA) is 90.7 Å². The Kier molecular flexibility index (Phi) is 11.3. The Balaban J connectivity index is 0.00000127. The minimum atomic E-state index is 0. The summed E-state index contributed by atoms with van der Waals surface area (Å²) in [5.41, 5.74) is 2.50. The van der Waals surface area contributed by atoms with Crippen LogP contribution in [0.5, 0.6) is 5.75 Å². The van der Waals surface area contributed by atoms with Gasteiger partial charge >= 0.3 is 42.7 Å². The van der Waals surface area contributed by atoms with Crippen LogP contribution in [0.25, 0.3) is 10.8 Å². The summed E-state index contributed by atoms with van der Waals surface area (Å²) >= 11 is 0. The molecule has 3 aromatic carbocycles. The normalized spacial score (nSPS) is 9.26. The molecule has 0 radical (unpaired) electrons.